The Morgan fingerprint density at radius 3 is 2.67 bits per heavy atom. The monoisotopic (exact) mass is 253 g/mol. The highest BCUT2D eigenvalue weighted by Gasteiger charge is 2.17. The molecule has 0 saturated carbocycles. The van der Waals surface area contributed by atoms with Gasteiger partial charge in [-0.2, -0.15) is 0 Å². The van der Waals surface area contributed by atoms with Crippen LogP contribution in [0.4, 0.5) is 4.79 Å². The maximum Gasteiger partial charge on any atom is 0.408 e. The molecule has 0 fully saturated rings. The van der Waals surface area contributed by atoms with Crippen LogP contribution in [-0.4, -0.2) is 40.3 Å². The molecule has 1 aromatic heterocycles. The van der Waals surface area contributed by atoms with Crippen molar-refractivity contribution in [2.75, 3.05) is 6.54 Å². The van der Waals surface area contributed by atoms with Crippen molar-refractivity contribution in [3.63, 3.8) is 0 Å². The van der Waals surface area contributed by atoms with Gasteiger partial charge in [0.05, 0.1) is 12.7 Å². The van der Waals surface area contributed by atoms with E-state index in [0.717, 1.165) is 0 Å². The summed E-state index contributed by atoms with van der Waals surface area (Å²) < 4.78 is 4.97. The zero-order valence-electron chi connectivity index (χ0n) is 10.4. The third kappa shape index (κ3) is 4.36. The summed E-state index contributed by atoms with van der Waals surface area (Å²) in [5, 5.41) is 2.32. The van der Waals surface area contributed by atoms with Crippen LogP contribution in [0.1, 0.15) is 41.9 Å². The van der Waals surface area contributed by atoms with Crippen LogP contribution in [0, 0.1) is 0 Å². The molecule has 0 radical (unpaired) electrons. The van der Waals surface area contributed by atoms with Crippen molar-refractivity contribution in [1.82, 2.24) is 15.3 Å². The van der Waals surface area contributed by atoms with E-state index < -0.39 is 11.7 Å². The molecular weight excluding hydrogens is 238 g/mol. The second kappa shape index (κ2) is 5.44. The molecule has 0 aliphatic carbocycles. The molecule has 98 valence electrons. The lowest BCUT2D eigenvalue weighted by molar-refractivity contribution is 0.0520. The summed E-state index contributed by atoms with van der Waals surface area (Å²) in [6.07, 6.45) is 1.06. The predicted molar refractivity (Wildman–Crippen MR) is 62.5 cm³/mol. The molecule has 7 nitrogen and oxygen atoms in total. The number of imidazole rings is 1. The van der Waals surface area contributed by atoms with Gasteiger partial charge in [-0.1, -0.05) is 0 Å². The highest BCUT2D eigenvalue weighted by Crippen LogP contribution is 2.06. The zero-order valence-corrected chi connectivity index (χ0v) is 10.4. The molecule has 1 heterocycles. The maximum atomic E-state index is 11.6. The lowest BCUT2D eigenvalue weighted by Crippen LogP contribution is -2.35. The minimum atomic E-state index is -0.675. The Balaban J connectivity index is 2.46. The number of carbonyl (C=O) groups is 3. The maximum absolute atomic E-state index is 11.6. The summed E-state index contributed by atoms with van der Waals surface area (Å²) in [6, 6.07) is 0. The average molecular weight is 253 g/mol. The van der Waals surface area contributed by atoms with Crippen LogP contribution >= 0.6 is 0 Å². The molecule has 0 aliphatic rings. The van der Waals surface area contributed by atoms with Gasteiger partial charge in [-0.15, -0.1) is 0 Å². The number of aromatic amines is 1. The van der Waals surface area contributed by atoms with Crippen molar-refractivity contribution in [3.05, 3.63) is 17.7 Å². The molecule has 0 spiro atoms. The van der Waals surface area contributed by atoms with Gasteiger partial charge in [0.2, 0.25) is 0 Å². The van der Waals surface area contributed by atoms with Crippen LogP contribution in [0.15, 0.2) is 6.20 Å². The molecule has 2 N–H and O–H groups in total. The summed E-state index contributed by atoms with van der Waals surface area (Å²) in [7, 11) is 0. The summed E-state index contributed by atoms with van der Waals surface area (Å²) in [4.78, 5) is 39.4. The Kier molecular flexibility index (Phi) is 4.19. The molecular formula is C11H15N3O4. The highest BCUT2D eigenvalue weighted by molar-refractivity contribution is 5.97. The first-order chi connectivity index (χ1) is 8.31. The second-order valence-electron chi connectivity index (χ2n) is 4.58. The van der Waals surface area contributed by atoms with Gasteiger partial charge < -0.3 is 15.0 Å². The fraction of sp³-hybridized carbons (Fsp3) is 0.455. The number of hydrogen-bond donors (Lipinski definition) is 2. The second-order valence-corrected chi connectivity index (χ2v) is 4.58. The molecule has 0 aliphatic heterocycles. The number of H-pyrrole nitrogens is 1. The Morgan fingerprint density at radius 1 is 1.50 bits per heavy atom. The van der Waals surface area contributed by atoms with E-state index in [1.54, 1.807) is 20.8 Å². The normalized spacial score (nSPS) is 10.8. The quantitative estimate of drug-likeness (QED) is 0.614. The molecule has 1 aromatic rings. The van der Waals surface area contributed by atoms with Crippen molar-refractivity contribution in [2.45, 2.75) is 26.4 Å². The van der Waals surface area contributed by atoms with Crippen molar-refractivity contribution in [3.8, 4) is 0 Å². The number of carbonyl (C=O) groups excluding carboxylic acids is 3. The number of ketones is 1. The van der Waals surface area contributed by atoms with Crippen LogP contribution < -0.4 is 5.32 Å². The van der Waals surface area contributed by atoms with Crippen molar-refractivity contribution >= 4 is 18.2 Å². The fourth-order valence-electron chi connectivity index (χ4n) is 1.10. The zero-order chi connectivity index (χ0) is 13.8. The van der Waals surface area contributed by atoms with Crippen LogP contribution in [0.2, 0.25) is 0 Å². The van der Waals surface area contributed by atoms with Crippen LogP contribution in [-0.2, 0) is 4.74 Å². The Labute approximate surface area is 104 Å². The van der Waals surface area contributed by atoms with E-state index in [0.29, 0.717) is 6.29 Å². The van der Waals surface area contributed by atoms with Gasteiger partial charge in [0.15, 0.2) is 17.9 Å². The molecule has 0 atom stereocenters. The van der Waals surface area contributed by atoms with Gasteiger partial charge in [-0.25, -0.2) is 9.78 Å². The molecule has 0 unspecified atom stereocenters. The first kappa shape index (κ1) is 13.9. The Morgan fingerprint density at radius 2 is 2.17 bits per heavy atom. The smallest absolute Gasteiger partial charge is 0.408 e. The molecule has 1 amide bonds. The molecule has 0 bridgehead atoms. The molecule has 7 heteroatoms. The average Bonchev–Trinajstić information content (AvgIpc) is 2.72. The summed E-state index contributed by atoms with van der Waals surface area (Å²) in [5.74, 6) is -0.322. The predicted octanol–water partition coefficient (Wildman–Crippen LogP) is 0.930. The topological polar surface area (TPSA) is 101 Å². The summed E-state index contributed by atoms with van der Waals surface area (Å²) >= 11 is 0. The van der Waals surface area contributed by atoms with E-state index in [9.17, 15) is 14.4 Å². The number of alkyl carbamates (subject to hydrolysis) is 1. The standard InChI is InChI=1S/C11H15N3O4/c1-11(2,3)18-10(17)13-5-8(16)7-4-12-9(6-15)14-7/h4,6H,5H2,1-3H3,(H,12,14)(H,13,17). The largest absolute Gasteiger partial charge is 0.444 e. The van der Waals surface area contributed by atoms with E-state index in [-0.39, 0.29) is 23.8 Å². The SMILES string of the molecule is CC(C)(C)OC(=O)NCC(=O)c1cnc(C=O)[nH]1. The Hall–Kier alpha value is -2.18. The van der Waals surface area contributed by atoms with E-state index in [1.807, 2.05) is 0 Å². The lowest BCUT2D eigenvalue weighted by Gasteiger charge is -2.19. The van der Waals surface area contributed by atoms with Gasteiger partial charge >= 0.3 is 6.09 Å². The van der Waals surface area contributed by atoms with Crippen LogP contribution in [0.25, 0.3) is 0 Å². The van der Waals surface area contributed by atoms with Gasteiger partial charge in [0, 0.05) is 0 Å². The fourth-order valence-corrected chi connectivity index (χ4v) is 1.10. The minimum Gasteiger partial charge on any atom is -0.444 e. The number of nitrogens with zero attached hydrogens (tertiary/aromatic N) is 1. The molecule has 18 heavy (non-hydrogen) atoms. The third-order valence-electron chi connectivity index (χ3n) is 1.80. The number of hydrogen-bond acceptors (Lipinski definition) is 5. The highest BCUT2D eigenvalue weighted by atomic mass is 16.6. The summed E-state index contributed by atoms with van der Waals surface area (Å²) in [6.45, 7) is 4.94. The van der Waals surface area contributed by atoms with Crippen LogP contribution in [0.5, 0.6) is 0 Å². The van der Waals surface area contributed by atoms with E-state index in [2.05, 4.69) is 15.3 Å². The van der Waals surface area contributed by atoms with E-state index in [1.165, 1.54) is 6.20 Å². The molecule has 1 rings (SSSR count). The van der Waals surface area contributed by atoms with Gasteiger partial charge in [0.1, 0.15) is 11.3 Å². The molecule has 0 aromatic carbocycles. The Bertz CT molecular complexity index is 459. The first-order valence-corrected chi connectivity index (χ1v) is 5.32. The van der Waals surface area contributed by atoms with Gasteiger partial charge in [0.25, 0.3) is 0 Å². The summed E-state index contributed by atoms with van der Waals surface area (Å²) in [5.41, 5.74) is -0.459. The first-order valence-electron chi connectivity index (χ1n) is 5.32. The molecule has 0 saturated heterocycles. The lowest BCUT2D eigenvalue weighted by atomic mass is 10.2. The van der Waals surface area contributed by atoms with E-state index in [4.69, 9.17) is 4.74 Å². The van der Waals surface area contributed by atoms with Crippen molar-refractivity contribution in [1.29, 1.82) is 0 Å². The number of aromatic nitrogens is 2. The minimum absolute atomic E-state index is 0.0654. The number of aldehydes is 1. The van der Waals surface area contributed by atoms with Crippen molar-refractivity contribution < 1.29 is 19.1 Å². The third-order valence-corrected chi connectivity index (χ3v) is 1.80. The van der Waals surface area contributed by atoms with Gasteiger partial charge in [-0.05, 0) is 20.8 Å². The van der Waals surface area contributed by atoms with Crippen molar-refractivity contribution in [2.24, 2.45) is 0 Å². The van der Waals surface area contributed by atoms with Crippen LogP contribution in [0.3, 0.4) is 0 Å². The number of rotatable bonds is 4. The number of amides is 1. The number of ether oxygens (including phenoxy) is 1. The van der Waals surface area contributed by atoms with Gasteiger partial charge in [-0.3, -0.25) is 9.59 Å². The number of Topliss-reactive ketones (excluding diaryl/α,β-unsaturated/α-hetero) is 1. The number of nitrogens with one attached hydrogen (secondary N) is 2. The van der Waals surface area contributed by atoms with E-state index >= 15 is 0 Å².